The molecule has 3 fully saturated rings. The van der Waals surface area contributed by atoms with Gasteiger partial charge in [-0.25, -0.2) is 0 Å². The molecule has 0 amide bonds. The minimum atomic E-state index is 0.686. The summed E-state index contributed by atoms with van der Waals surface area (Å²) in [5, 5.41) is 0. The molecule has 0 nitrogen and oxygen atoms in total. The molecule has 1 heterocycles. The van der Waals surface area contributed by atoms with E-state index in [2.05, 4.69) is 28.1 Å². The molecule has 3 rings (SSSR count). The van der Waals surface area contributed by atoms with Gasteiger partial charge in [0.2, 0.25) is 0 Å². The SMILES string of the molecule is CC1[B]C1CC1(C)CC2CCCC2(C)C1. The lowest BCUT2D eigenvalue weighted by molar-refractivity contribution is 0.237. The van der Waals surface area contributed by atoms with E-state index < -0.39 is 0 Å². The van der Waals surface area contributed by atoms with E-state index in [1.165, 1.54) is 38.5 Å². The van der Waals surface area contributed by atoms with Crippen molar-refractivity contribution in [3.05, 3.63) is 0 Å². The molecule has 15 heavy (non-hydrogen) atoms. The largest absolute Gasteiger partial charge is 0.116 e. The van der Waals surface area contributed by atoms with Crippen molar-refractivity contribution in [1.82, 2.24) is 0 Å². The Kier molecular flexibility index (Phi) is 2.08. The zero-order chi connectivity index (χ0) is 10.7. The highest BCUT2D eigenvalue weighted by Gasteiger charge is 2.53. The third-order valence-electron chi connectivity index (χ3n) is 5.67. The van der Waals surface area contributed by atoms with Gasteiger partial charge in [0.25, 0.3) is 0 Å². The van der Waals surface area contributed by atoms with Crippen LogP contribution in [0, 0.1) is 16.7 Å². The first kappa shape index (κ1) is 10.2. The Morgan fingerprint density at radius 3 is 2.67 bits per heavy atom. The minimum absolute atomic E-state index is 0.686. The minimum Gasteiger partial charge on any atom is -0.0755 e. The van der Waals surface area contributed by atoms with Gasteiger partial charge >= 0.3 is 0 Å². The van der Waals surface area contributed by atoms with Crippen molar-refractivity contribution in [2.45, 2.75) is 70.9 Å². The fourth-order valence-electron chi connectivity index (χ4n) is 4.83. The predicted octanol–water partition coefficient (Wildman–Crippen LogP) is 4.30. The van der Waals surface area contributed by atoms with E-state index in [9.17, 15) is 0 Å². The lowest BCUT2D eigenvalue weighted by Gasteiger charge is -2.28. The van der Waals surface area contributed by atoms with E-state index in [1.807, 2.05) is 0 Å². The van der Waals surface area contributed by atoms with Gasteiger partial charge in [0.1, 0.15) is 7.28 Å². The van der Waals surface area contributed by atoms with Crippen LogP contribution in [-0.2, 0) is 0 Å². The van der Waals surface area contributed by atoms with E-state index in [-0.39, 0.29) is 0 Å². The molecule has 0 N–H and O–H groups in total. The van der Waals surface area contributed by atoms with E-state index in [0.29, 0.717) is 5.41 Å². The predicted molar refractivity (Wildman–Crippen MR) is 66.3 cm³/mol. The summed E-state index contributed by atoms with van der Waals surface area (Å²) in [5.74, 6) is 2.96. The van der Waals surface area contributed by atoms with E-state index in [1.54, 1.807) is 0 Å². The monoisotopic (exact) mass is 203 g/mol. The number of rotatable bonds is 2. The molecule has 0 bridgehead atoms. The average Bonchev–Trinajstić information content (AvgIpc) is 2.54. The van der Waals surface area contributed by atoms with Crippen molar-refractivity contribution in [2.75, 3.05) is 0 Å². The third kappa shape index (κ3) is 1.67. The fourth-order valence-corrected chi connectivity index (χ4v) is 4.83. The maximum atomic E-state index is 2.57. The number of fused-ring (bicyclic) bond motifs is 1. The number of hydrogen-bond acceptors (Lipinski definition) is 0. The van der Waals surface area contributed by atoms with Gasteiger partial charge in [-0.15, -0.1) is 0 Å². The maximum Gasteiger partial charge on any atom is 0.116 e. The Balaban J connectivity index is 1.69. The van der Waals surface area contributed by atoms with Crippen LogP contribution in [0.1, 0.15) is 59.3 Å². The summed E-state index contributed by atoms with van der Waals surface area (Å²) >= 11 is 0. The Hall–Kier alpha value is 0.0649. The van der Waals surface area contributed by atoms with Gasteiger partial charge in [0.15, 0.2) is 0 Å². The second kappa shape index (κ2) is 3.05. The van der Waals surface area contributed by atoms with Crippen LogP contribution in [0.25, 0.3) is 0 Å². The summed E-state index contributed by atoms with van der Waals surface area (Å²) in [6, 6.07) is 0. The van der Waals surface area contributed by atoms with Gasteiger partial charge in [0.05, 0.1) is 0 Å². The molecule has 3 aliphatic rings. The van der Waals surface area contributed by atoms with Crippen LogP contribution in [0.15, 0.2) is 0 Å². The molecule has 1 aliphatic heterocycles. The van der Waals surface area contributed by atoms with Gasteiger partial charge < -0.3 is 0 Å². The van der Waals surface area contributed by atoms with E-state index >= 15 is 0 Å². The molecule has 1 heteroatoms. The second-order valence-corrected chi connectivity index (χ2v) is 7.35. The van der Waals surface area contributed by atoms with Crippen molar-refractivity contribution >= 4 is 7.28 Å². The summed E-state index contributed by atoms with van der Waals surface area (Å²) < 4.78 is 0. The highest BCUT2D eigenvalue weighted by atomic mass is 14.6. The van der Waals surface area contributed by atoms with Crippen molar-refractivity contribution in [1.29, 1.82) is 0 Å². The van der Waals surface area contributed by atoms with Crippen LogP contribution in [-0.4, -0.2) is 7.28 Å². The van der Waals surface area contributed by atoms with Gasteiger partial charge in [-0.1, -0.05) is 45.2 Å². The molecule has 5 atom stereocenters. The highest BCUT2D eigenvalue weighted by Crippen LogP contribution is 2.64. The number of hydrogen-bond donors (Lipinski definition) is 0. The summed E-state index contributed by atoms with van der Waals surface area (Å²) in [6.45, 7) is 7.51. The molecule has 0 aromatic heterocycles. The van der Waals surface area contributed by atoms with Crippen LogP contribution >= 0.6 is 0 Å². The molecule has 0 spiro atoms. The summed E-state index contributed by atoms with van der Waals surface area (Å²) in [4.78, 5) is 0. The molecule has 2 aliphatic carbocycles. The van der Waals surface area contributed by atoms with Crippen molar-refractivity contribution in [3.8, 4) is 0 Å². The summed E-state index contributed by atoms with van der Waals surface area (Å²) in [7, 11) is 2.54. The Bertz CT molecular complexity index is 275. The molecule has 83 valence electrons. The first-order chi connectivity index (χ1) is 7.01. The first-order valence-corrected chi connectivity index (χ1v) is 6.86. The quantitative estimate of drug-likeness (QED) is 0.587. The molecule has 2 saturated carbocycles. The maximum absolute atomic E-state index is 2.57. The molecule has 5 unspecified atom stereocenters. The van der Waals surface area contributed by atoms with Crippen LogP contribution in [0.4, 0.5) is 0 Å². The van der Waals surface area contributed by atoms with Gasteiger partial charge in [0, 0.05) is 0 Å². The average molecular weight is 203 g/mol. The lowest BCUT2D eigenvalue weighted by Crippen LogP contribution is -2.17. The lowest BCUT2D eigenvalue weighted by atomic mass is 9.76. The van der Waals surface area contributed by atoms with Crippen molar-refractivity contribution < 1.29 is 0 Å². The van der Waals surface area contributed by atoms with Crippen LogP contribution in [0.5, 0.6) is 0 Å². The zero-order valence-electron chi connectivity index (χ0n) is 10.6. The van der Waals surface area contributed by atoms with Gasteiger partial charge in [-0.2, -0.15) is 0 Å². The fraction of sp³-hybridized carbons (Fsp3) is 1.00. The highest BCUT2D eigenvalue weighted by molar-refractivity contribution is 6.53. The second-order valence-electron chi connectivity index (χ2n) is 7.35. The molecule has 0 aromatic rings. The zero-order valence-corrected chi connectivity index (χ0v) is 10.6. The van der Waals surface area contributed by atoms with Crippen LogP contribution in [0.3, 0.4) is 0 Å². The molecular weight excluding hydrogens is 179 g/mol. The standard InChI is InChI=1S/C14H24B/c1-10-12(15-10)8-13(2)7-11-5-4-6-14(11,3)9-13/h10-12H,4-9H2,1-3H3. The molecule has 1 saturated heterocycles. The summed E-state index contributed by atoms with van der Waals surface area (Å²) in [5.41, 5.74) is 1.42. The molecule has 0 aromatic carbocycles. The first-order valence-electron chi connectivity index (χ1n) is 6.86. The van der Waals surface area contributed by atoms with E-state index in [0.717, 1.165) is 23.0 Å². The Labute approximate surface area is 95.5 Å². The van der Waals surface area contributed by atoms with Gasteiger partial charge in [-0.05, 0) is 42.4 Å². The Morgan fingerprint density at radius 2 is 2.07 bits per heavy atom. The van der Waals surface area contributed by atoms with Crippen molar-refractivity contribution in [3.63, 3.8) is 0 Å². The van der Waals surface area contributed by atoms with Gasteiger partial charge in [-0.3, -0.25) is 0 Å². The van der Waals surface area contributed by atoms with Crippen molar-refractivity contribution in [2.24, 2.45) is 16.7 Å². The van der Waals surface area contributed by atoms with Crippen LogP contribution < -0.4 is 0 Å². The normalized spacial score (nSPS) is 57.7. The molecule has 1 radical (unpaired) electrons. The summed E-state index contributed by atoms with van der Waals surface area (Å²) in [6.07, 6.45) is 9.07. The smallest absolute Gasteiger partial charge is 0.0755 e. The third-order valence-corrected chi connectivity index (χ3v) is 5.67. The van der Waals surface area contributed by atoms with E-state index in [4.69, 9.17) is 0 Å². The molecular formula is C14H24B. The Morgan fingerprint density at radius 1 is 1.33 bits per heavy atom. The topological polar surface area (TPSA) is 0 Å². The van der Waals surface area contributed by atoms with Crippen LogP contribution in [0.2, 0.25) is 11.6 Å².